The largest absolute Gasteiger partial charge is 0.481 e. The van der Waals surface area contributed by atoms with E-state index in [2.05, 4.69) is 16.0 Å². The highest BCUT2D eigenvalue weighted by molar-refractivity contribution is 5.77. The smallest absolute Gasteiger partial charge is 0.315 e. The van der Waals surface area contributed by atoms with E-state index in [-0.39, 0.29) is 24.4 Å². The summed E-state index contributed by atoms with van der Waals surface area (Å²) in [6, 6.07) is 0.112. The summed E-state index contributed by atoms with van der Waals surface area (Å²) in [5, 5.41) is 17.3. The molecule has 0 unspecified atom stereocenters. The third kappa shape index (κ3) is 9.37. The summed E-state index contributed by atoms with van der Waals surface area (Å²) in [7, 11) is 0. The van der Waals surface area contributed by atoms with E-state index < -0.39 is 11.5 Å². The molecular formula is C17H31N3O4. The lowest BCUT2D eigenvalue weighted by Gasteiger charge is -2.25. The normalized spacial score (nSPS) is 15.6. The Labute approximate surface area is 144 Å². The van der Waals surface area contributed by atoms with Gasteiger partial charge in [0.15, 0.2) is 0 Å². The monoisotopic (exact) mass is 341 g/mol. The number of carboxylic acid groups (broad SMARTS) is 1. The molecule has 0 heterocycles. The fraction of sp³-hybridized carbons (Fsp3) is 0.824. The van der Waals surface area contributed by atoms with Crippen molar-refractivity contribution in [1.82, 2.24) is 16.0 Å². The summed E-state index contributed by atoms with van der Waals surface area (Å²) in [6.07, 6.45) is 6.94. The Morgan fingerprint density at radius 2 is 1.75 bits per heavy atom. The van der Waals surface area contributed by atoms with Crippen molar-refractivity contribution in [3.05, 3.63) is 0 Å². The van der Waals surface area contributed by atoms with Gasteiger partial charge >= 0.3 is 12.0 Å². The second kappa shape index (κ2) is 10.2. The quantitative estimate of drug-likeness (QED) is 0.482. The second-order valence-electron chi connectivity index (χ2n) is 7.16. The molecule has 1 saturated carbocycles. The third-order valence-electron chi connectivity index (χ3n) is 4.25. The molecule has 1 aliphatic carbocycles. The Balaban J connectivity index is 2.11. The number of carbonyl (C=O) groups excluding carboxylic acids is 2. The predicted molar refractivity (Wildman–Crippen MR) is 91.7 cm³/mol. The van der Waals surface area contributed by atoms with Crippen LogP contribution in [0.5, 0.6) is 0 Å². The molecule has 4 N–H and O–H groups in total. The van der Waals surface area contributed by atoms with E-state index >= 15 is 0 Å². The molecule has 24 heavy (non-hydrogen) atoms. The van der Waals surface area contributed by atoms with Crippen molar-refractivity contribution in [2.45, 2.75) is 83.2 Å². The molecule has 0 radical (unpaired) electrons. The van der Waals surface area contributed by atoms with E-state index in [4.69, 9.17) is 5.11 Å². The van der Waals surface area contributed by atoms with Crippen molar-refractivity contribution in [2.24, 2.45) is 0 Å². The maximum Gasteiger partial charge on any atom is 0.315 e. The van der Waals surface area contributed by atoms with Crippen LogP contribution in [0, 0.1) is 0 Å². The molecule has 0 aromatic carbocycles. The topological polar surface area (TPSA) is 108 Å². The molecule has 0 aromatic heterocycles. The Morgan fingerprint density at radius 3 is 2.38 bits per heavy atom. The number of carboxylic acids is 1. The van der Waals surface area contributed by atoms with Gasteiger partial charge < -0.3 is 21.1 Å². The van der Waals surface area contributed by atoms with Crippen LogP contribution in [0.2, 0.25) is 0 Å². The highest BCUT2D eigenvalue weighted by Crippen LogP contribution is 2.17. The van der Waals surface area contributed by atoms with Crippen molar-refractivity contribution >= 4 is 17.9 Å². The third-order valence-corrected chi connectivity index (χ3v) is 4.25. The Bertz CT molecular complexity index is 432. The first-order valence-corrected chi connectivity index (χ1v) is 8.86. The summed E-state index contributed by atoms with van der Waals surface area (Å²) in [5.74, 6) is -0.995. The van der Waals surface area contributed by atoms with E-state index in [1.165, 1.54) is 19.3 Å². The van der Waals surface area contributed by atoms with Crippen LogP contribution >= 0.6 is 0 Å². The summed E-state index contributed by atoms with van der Waals surface area (Å²) >= 11 is 0. The molecule has 0 saturated heterocycles. The number of rotatable bonds is 9. The van der Waals surface area contributed by atoms with E-state index in [9.17, 15) is 14.4 Å². The van der Waals surface area contributed by atoms with Crippen molar-refractivity contribution < 1.29 is 19.5 Å². The number of carbonyl (C=O) groups is 3. The van der Waals surface area contributed by atoms with Crippen LogP contribution in [0.4, 0.5) is 4.79 Å². The molecule has 0 atom stereocenters. The zero-order chi connectivity index (χ0) is 18.0. The Kier molecular flexibility index (Phi) is 8.57. The van der Waals surface area contributed by atoms with Gasteiger partial charge in [0.2, 0.25) is 5.91 Å². The Hall–Kier alpha value is -1.79. The molecule has 138 valence electrons. The first kappa shape index (κ1) is 20.3. The molecule has 0 aliphatic heterocycles. The average Bonchev–Trinajstić information content (AvgIpc) is 2.50. The second-order valence-corrected chi connectivity index (χ2v) is 7.16. The van der Waals surface area contributed by atoms with Crippen molar-refractivity contribution in [2.75, 3.05) is 6.54 Å². The molecule has 1 rings (SSSR count). The first-order valence-electron chi connectivity index (χ1n) is 8.86. The van der Waals surface area contributed by atoms with Gasteiger partial charge in [-0.1, -0.05) is 19.3 Å². The predicted octanol–water partition coefficient (Wildman–Crippen LogP) is 2.16. The van der Waals surface area contributed by atoms with Crippen LogP contribution in [0.25, 0.3) is 0 Å². The van der Waals surface area contributed by atoms with Crippen LogP contribution in [0.1, 0.15) is 71.6 Å². The standard InChI is InChI=1S/C17H31N3O4/c1-17(2,11-10-15(22)23)20-14(21)9-6-12-18-16(24)19-13-7-4-3-5-8-13/h13H,3-12H2,1-2H3,(H,20,21)(H,22,23)(H2,18,19,24). The fourth-order valence-electron chi connectivity index (χ4n) is 2.86. The maximum absolute atomic E-state index is 11.9. The van der Waals surface area contributed by atoms with Crippen molar-refractivity contribution in [3.8, 4) is 0 Å². The van der Waals surface area contributed by atoms with Crippen LogP contribution in [-0.4, -0.2) is 41.1 Å². The summed E-state index contributed by atoms with van der Waals surface area (Å²) in [6.45, 7) is 4.06. The number of hydrogen-bond donors (Lipinski definition) is 4. The van der Waals surface area contributed by atoms with Crippen LogP contribution in [-0.2, 0) is 9.59 Å². The number of aliphatic carboxylic acids is 1. The molecule has 0 aromatic rings. The highest BCUT2D eigenvalue weighted by Gasteiger charge is 2.21. The molecule has 1 fully saturated rings. The van der Waals surface area contributed by atoms with Gasteiger partial charge in [-0.3, -0.25) is 9.59 Å². The lowest BCUT2D eigenvalue weighted by atomic mass is 9.96. The average molecular weight is 341 g/mol. The lowest BCUT2D eigenvalue weighted by molar-refractivity contribution is -0.137. The molecule has 0 spiro atoms. The first-order chi connectivity index (χ1) is 11.3. The van der Waals surface area contributed by atoms with Gasteiger partial charge in [-0.05, 0) is 39.5 Å². The van der Waals surface area contributed by atoms with Crippen LogP contribution in [0.15, 0.2) is 0 Å². The molecule has 0 bridgehead atoms. The van der Waals surface area contributed by atoms with E-state index in [0.29, 0.717) is 25.8 Å². The van der Waals surface area contributed by atoms with Crippen molar-refractivity contribution in [3.63, 3.8) is 0 Å². The van der Waals surface area contributed by atoms with Gasteiger partial charge in [-0.15, -0.1) is 0 Å². The summed E-state index contributed by atoms with van der Waals surface area (Å²) < 4.78 is 0. The Morgan fingerprint density at radius 1 is 1.08 bits per heavy atom. The fourth-order valence-corrected chi connectivity index (χ4v) is 2.86. The maximum atomic E-state index is 11.9. The SMILES string of the molecule is CC(C)(CCC(=O)O)NC(=O)CCCNC(=O)NC1CCCCC1. The number of urea groups is 1. The minimum absolute atomic E-state index is 0.0240. The zero-order valence-corrected chi connectivity index (χ0v) is 14.8. The van der Waals surface area contributed by atoms with E-state index in [1.807, 2.05) is 13.8 Å². The molecule has 1 aliphatic rings. The molecule has 7 nitrogen and oxygen atoms in total. The lowest BCUT2D eigenvalue weighted by Crippen LogP contribution is -2.44. The van der Waals surface area contributed by atoms with Gasteiger partial charge in [0.05, 0.1) is 0 Å². The molecular weight excluding hydrogens is 310 g/mol. The zero-order valence-electron chi connectivity index (χ0n) is 14.8. The number of hydrogen-bond acceptors (Lipinski definition) is 3. The minimum atomic E-state index is -0.870. The van der Waals surface area contributed by atoms with Gasteiger partial charge in [0.25, 0.3) is 0 Å². The summed E-state index contributed by atoms with van der Waals surface area (Å²) in [5.41, 5.74) is -0.540. The van der Waals surface area contributed by atoms with Gasteiger partial charge in [0.1, 0.15) is 0 Å². The number of amides is 3. The molecule has 3 amide bonds. The van der Waals surface area contributed by atoms with E-state index in [0.717, 1.165) is 12.8 Å². The van der Waals surface area contributed by atoms with Crippen LogP contribution < -0.4 is 16.0 Å². The number of nitrogens with one attached hydrogen (secondary N) is 3. The van der Waals surface area contributed by atoms with E-state index in [1.54, 1.807) is 0 Å². The highest BCUT2D eigenvalue weighted by atomic mass is 16.4. The minimum Gasteiger partial charge on any atom is -0.481 e. The molecule has 7 heteroatoms. The van der Waals surface area contributed by atoms with Crippen LogP contribution in [0.3, 0.4) is 0 Å². The summed E-state index contributed by atoms with van der Waals surface area (Å²) in [4.78, 5) is 34.2. The van der Waals surface area contributed by atoms with Crippen molar-refractivity contribution in [1.29, 1.82) is 0 Å². The van der Waals surface area contributed by atoms with Gasteiger partial charge in [-0.25, -0.2) is 4.79 Å². The van der Waals surface area contributed by atoms with Gasteiger partial charge in [-0.2, -0.15) is 0 Å². The van der Waals surface area contributed by atoms with Gasteiger partial charge in [0, 0.05) is 31.0 Å².